The minimum Gasteiger partial charge on any atom is -0.491 e. The molecule has 4 aromatic rings. The van der Waals surface area contributed by atoms with E-state index in [9.17, 15) is 10.2 Å². The largest absolute Gasteiger partial charge is 0.491 e. The predicted molar refractivity (Wildman–Crippen MR) is 119 cm³/mol. The van der Waals surface area contributed by atoms with Gasteiger partial charge in [-0.15, -0.1) is 0 Å². The first-order valence-electron chi connectivity index (χ1n) is 10.2. The van der Waals surface area contributed by atoms with Crippen LogP contribution in [-0.4, -0.2) is 68.7 Å². The highest BCUT2D eigenvalue weighted by molar-refractivity contribution is 5.86. The highest BCUT2D eigenvalue weighted by atomic mass is 16.6. The molecule has 3 aromatic heterocycles. The van der Waals surface area contributed by atoms with Crippen LogP contribution in [0.1, 0.15) is 6.23 Å². The van der Waals surface area contributed by atoms with Crippen LogP contribution < -0.4 is 15.4 Å². The molecule has 10 nitrogen and oxygen atoms in total. The summed E-state index contributed by atoms with van der Waals surface area (Å²) in [5.41, 5.74) is 7.21. The number of rotatable bonds is 5. The number of aromatic nitrogens is 4. The van der Waals surface area contributed by atoms with Gasteiger partial charge in [0.2, 0.25) is 0 Å². The molecule has 1 aromatic carbocycles. The zero-order valence-electron chi connectivity index (χ0n) is 17.7. The van der Waals surface area contributed by atoms with Gasteiger partial charge >= 0.3 is 0 Å². The molecule has 4 heterocycles. The van der Waals surface area contributed by atoms with Gasteiger partial charge in [0.15, 0.2) is 6.23 Å². The smallest absolute Gasteiger partial charge is 0.164 e. The number of aliphatic hydroxyl groups excluding tert-OH is 2. The highest BCUT2D eigenvalue weighted by Gasteiger charge is 2.44. The molecule has 5 rings (SSSR count). The maximum atomic E-state index is 10.6. The molecule has 4 N–H and O–H groups in total. The lowest BCUT2D eigenvalue weighted by Crippen LogP contribution is -2.34. The van der Waals surface area contributed by atoms with Gasteiger partial charge in [0.05, 0.1) is 10.9 Å². The molecule has 0 unspecified atom stereocenters. The van der Waals surface area contributed by atoms with Crippen molar-refractivity contribution in [3.05, 3.63) is 48.9 Å². The second-order valence-electron chi connectivity index (χ2n) is 7.99. The van der Waals surface area contributed by atoms with Crippen LogP contribution in [-0.2, 0) is 4.74 Å². The average Bonchev–Trinajstić information content (AvgIpc) is 3.34. The van der Waals surface area contributed by atoms with Gasteiger partial charge in [-0.25, -0.2) is 15.0 Å². The van der Waals surface area contributed by atoms with Crippen LogP contribution in [0.15, 0.2) is 48.9 Å². The number of ether oxygens (including phenoxy) is 2. The number of aliphatic hydroxyl groups is 2. The van der Waals surface area contributed by atoms with Crippen LogP contribution in [0.2, 0.25) is 0 Å². The van der Waals surface area contributed by atoms with Gasteiger partial charge in [-0.3, -0.25) is 0 Å². The monoisotopic (exact) mass is 436 g/mol. The Hall–Kier alpha value is -3.47. The van der Waals surface area contributed by atoms with Crippen molar-refractivity contribution in [1.29, 1.82) is 0 Å². The van der Waals surface area contributed by atoms with Gasteiger partial charge in [0, 0.05) is 31.7 Å². The third-order valence-electron chi connectivity index (χ3n) is 5.67. The van der Waals surface area contributed by atoms with E-state index in [1.54, 1.807) is 16.8 Å². The van der Waals surface area contributed by atoms with Crippen LogP contribution >= 0.6 is 0 Å². The lowest BCUT2D eigenvalue weighted by Gasteiger charge is -2.17. The fourth-order valence-electron chi connectivity index (χ4n) is 3.90. The van der Waals surface area contributed by atoms with Gasteiger partial charge in [-0.05, 0) is 30.3 Å². The lowest BCUT2D eigenvalue weighted by atomic mass is 10.1. The second-order valence-corrected chi connectivity index (χ2v) is 7.99. The highest BCUT2D eigenvalue weighted by Crippen LogP contribution is 2.33. The molecule has 0 spiro atoms. The molecular weight excluding hydrogens is 412 g/mol. The molecule has 1 saturated heterocycles. The summed E-state index contributed by atoms with van der Waals surface area (Å²) in [7, 11) is 3.87. The Bertz CT molecular complexity index is 1280. The van der Waals surface area contributed by atoms with Gasteiger partial charge in [0.1, 0.15) is 54.3 Å². The quantitative estimate of drug-likeness (QED) is 0.424. The Morgan fingerprint density at radius 3 is 2.75 bits per heavy atom. The second kappa shape index (κ2) is 7.90. The molecule has 0 radical (unpaired) electrons. The van der Waals surface area contributed by atoms with E-state index in [0.29, 0.717) is 22.6 Å². The maximum absolute atomic E-state index is 10.6. The van der Waals surface area contributed by atoms with Crippen LogP contribution in [0.4, 0.5) is 11.6 Å². The van der Waals surface area contributed by atoms with Crippen molar-refractivity contribution < 1.29 is 19.7 Å². The SMILES string of the molecule is CN(C)c1ccc2ccc(OC[C@H]3O[C@@H](n4ccc5c(N)ncnc54)[C@H](O)[C@@H]3O)cc2n1. The van der Waals surface area contributed by atoms with Crippen LogP contribution in [0, 0.1) is 0 Å². The Morgan fingerprint density at radius 2 is 1.94 bits per heavy atom. The topological polar surface area (TPSA) is 132 Å². The van der Waals surface area contributed by atoms with Gasteiger partial charge in [-0.1, -0.05) is 0 Å². The van der Waals surface area contributed by atoms with Gasteiger partial charge < -0.3 is 34.9 Å². The minimum absolute atomic E-state index is 0.0595. The number of hydrogen-bond acceptors (Lipinski definition) is 9. The van der Waals surface area contributed by atoms with E-state index in [1.165, 1.54) is 6.33 Å². The normalized spacial score (nSPS) is 23.1. The molecular formula is C22H24N6O4. The number of pyridine rings is 1. The van der Waals surface area contributed by atoms with Crippen molar-refractivity contribution in [1.82, 2.24) is 19.5 Å². The number of nitrogens with zero attached hydrogens (tertiary/aromatic N) is 5. The van der Waals surface area contributed by atoms with Crippen molar-refractivity contribution in [2.75, 3.05) is 31.3 Å². The summed E-state index contributed by atoms with van der Waals surface area (Å²) in [5.74, 6) is 1.78. The van der Waals surface area contributed by atoms with Crippen molar-refractivity contribution in [2.45, 2.75) is 24.5 Å². The number of nitrogen functional groups attached to an aromatic ring is 1. The first kappa shape index (κ1) is 20.4. The predicted octanol–water partition coefficient (Wildman–Crippen LogP) is 1.33. The summed E-state index contributed by atoms with van der Waals surface area (Å²) in [4.78, 5) is 14.8. The van der Waals surface area contributed by atoms with E-state index in [0.717, 1.165) is 16.7 Å². The van der Waals surface area contributed by atoms with Crippen molar-refractivity contribution in [2.24, 2.45) is 0 Å². The Labute approximate surface area is 183 Å². The van der Waals surface area contributed by atoms with Crippen molar-refractivity contribution >= 4 is 33.6 Å². The van der Waals surface area contributed by atoms with Gasteiger partial charge in [-0.2, -0.15) is 0 Å². The summed E-state index contributed by atoms with van der Waals surface area (Å²) in [6.07, 6.45) is -0.791. The molecule has 0 aliphatic carbocycles. The fourth-order valence-corrected chi connectivity index (χ4v) is 3.90. The number of fused-ring (bicyclic) bond motifs is 2. The molecule has 1 aliphatic heterocycles. The molecule has 1 fully saturated rings. The van der Waals surface area contributed by atoms with E-state index in [4.69, 9.17) is 15.2 Å². The molecule has 1 aliphatic rings. The minimum atomic E-state index is -1.16. The summed E-state index contributed by atoms with van der Waals surface area (Å²) >= 11 is 0. The summed E-state index contributed by atoms with van der Waals surface area (Å²) in [6, 6.07) is 11.3. The van der Waals surface area contributed by atoms with Gasteiger partial charge in [0.25, 0.3) is 0 Å². The third-order valence-corrected chi connectivity index (χ3v) is 5.67. The standard InChI is InChI=1S/C22H24N6O4/c1-27(2)17-6-4-12-3-5-13(9-15(12)26-17)31-10-16-18(29)19(30)22(32-16)28-8-7-14-20(23)24-11-25-21(14)28/h3-9,11,16,18-19,22,29-30H,10H2,1-2H3,(H2,23,24,25)/t16-,18-,19-,22-/m1/s1. The zero-order valence-corrected chi connectivity index (χ0v) is 17.7. The van der Waals surface area contributed by atoms with E-state index < -0.39 is 24.5 Å². The Kier molecular flexibility index (Phi) is 5.04. The van der Waals surface area contributed by atoms with E-state index in [2.05, 4.69) is 15.0 Å². The molecule has 0 amide bonds. The first-order valence-corrected chi connectivity index (χ1v) is 10.2. The van der Waals surface area contributed by atoms with Crippen LogP contribution in [0.3, 0.4) is 0 Å². The van der Waals surface area contributed by atoms with E-state index in [-0.39, 0.29) is 6.61 Å². The summed E-state index contributed by atoms with van der Waals surface area (Å²) in [6.45, 7) is 0.0595. The molecule has 10 heteroatoms. The van der Waals surface area contributed by atoms with Crippen LogP contribution in [0.25, 0.3) is 21.9 Å². The molecule has 0 saturated carbocycles. The maximum Gasteiger partial charge on any atom is 0.164 e. The van der Waals surface area contributed by atoms with Crippen molar-refractivity contribution in [3.8, 4) is 5.75 Å². The number of anilines is 2. The number of benzene rings is 1. The first-order chi connectivity index (χ1) is 15.4. The molecule has 0 bridgehead atoms. The Morgan fingerprint density at radius 1 is 1.12 bits per heavy atom. The number of hydrogen-bond donors (Lipinski definition) is 3. The molecule has 166 valence electrons. The summed E-state index contributed by atoms with van der Waals surface area (Å²) < 4.78 is 13.5. The lowest BCUT2D eigenvalue weighted by molar-refractivity contribution is -0.0471. The molecule has 4 atom stereocenters. The zero-order chi connectivity index (χ0) is 22.4. The fraction of sp³-hybridized carbons (Fsp3) is 0.318. The van der Waals surface area contributed by atoms with E-state index in [1.807, 2.05) is 49.3 Å². The third kappa shape index (κ3) is 3.48. The van der Waals surface area contributed by atoms with Crippen LogP contribution in [0.5, 0.6) is 5.75 Å². The number of nitrogens with two attached hydrogens (primary N) is 1. The average molecular weight is 436 g/mol. The van der Waals surface area contributed by atoms with Crippen molar-refractivity contribution in [3.63, 3.8) is 0 Å². The summed E-state index contributed by atoms with van der Waals surface area (Å²) in [5, 5.41) is 22.8. The van der Waals surface area contributed by atoms with E-state index >= 15 is 0 Å². The Balaban J connectivity index is 1.33. The molecule has 32 heavy (non-hydrogen) atoms.